The van der Waals surface area contributed by atoms with E-state index in [0.29, 0.717) is 5.95 Å². The third-order valence-corrected chi connectivity index (χ3v) is 3.23. The number of hydrogen-bond acceptors (Lipinski definition) is 3. The first kappa shape index (κ1) is 13.1. The summed E-state index contributed by atoms with van der Waals surface area (Å²) in [7, 11) is 0. The third-order valence-electron chi connectivity index (χ3n) is 3.23. The number of nitrogens with two attached hydrogens (primary N) is 1. The van der Waals surface area contributed by atoms with Gasteiger partial charge in [0.1, 0.15) is 0 Å². The molecule has 0 amide bonds. The van der Waals surface area contributed by atoms with Crippen molar-refractivity contribution in [3.63, 3.8) is 0 Å². The Morgan fingerprint density at radius 2 is 1.62 bits per heavy atom. The van der Waals surface area contributed by atoms with Gasteiger partial charge in [0, 0.05) is 5.56 Å². The summed E-state index contributed by atoms with van der Waals surface area (Å²) >= 11 is 0. The van der Waals surface area contributed by atoms with Crippen molar-refractivity contribution in [2.45, 2.75) is 6.92 Å². The maximum Gasteiger partial charge on any atom is 0.221 e. The maximum absolute atomic E-state index is 5.95. The van der Waals surface area contributed by atoms with Crippen LogP contribution >= 0.6 is 0 Å². The van der Waals surface area contributed by atoms with Gasteiger partial charge in [0.2, 0.25) is 5.95 Å². The zero-order valence-electron chi connectivity index (χ0n) is 11.8. The van der Waals surface area contributed by atoms with Gasteiger partial charge in [-0.05, 0) is 12.5 Å². The van der Waals surface area contributed by atoms with Gasteiger partial charge in [0.05, 0.1) is 17.6 Å². The van der Waals surface area contributed by atoms with Crippen molar-refractivity contribution in [3.8, 4) is 11.3 Å². The molecule has 0 atom stereocenters. The van der Waals surface area contributed by atoms with Crippen LogP contribution in [0.15, 0.2) is 72.0 Å². The summed E-state index contributed by atoms with van der Waals surface area (Å²) in [5, 5.41) is 4.52. The van der Waals surface area contributed by atoms with Gasteiger partial charge in [-0.15, -0.1) is 0 Å². The van der Waals surface area contributed by atoms with E-state index >= 15 is 0 Å². The van der Waals surface area contributed by atoms with Crippen LogP contribution in [0, 0.1) is 0 Å². The first-order chi connectivity index (χ1) is 10.2. The molecule has 0 aliphatic rings. The molecule has 2 N–H and O–H groups in total. The van der Waals surface area contributed by atoms with Crippen LogP contribution in [-0.2, 0) is 0 Å². The van der Waals surface area contributed by atoms with Gasteiger partial charge in [-0.1, -0.05) is 60.7 Å². The lowest BCUT2D eigenvalue weighted by Crippen LogP contribution is -2.02. The molecule has 1 heterocycles. The molecule has 0 saturated heterocycles. The number of hydrogen-bond donors (Lipinski definition) is 1. The number of anilines is 1. The Hall–Kier alpha value is -2.88. The zero-order valence-corrected chi connectivity index (χ0v) is 11.8. The van der Waals surface area contributed by atoms with E-state index in [-0.39, 0.29) is 0 Å². The normalized spacial score (nSPS) is 11.6. The second kappa shape index (κ2) is 5.63. The summed E-state index contributed by atoms with van der Waals surface area (Å²) in [6.45, 7) is 1.96. The molecule has 0 saturated carbocycles. The Bertz CT molecular complexity index is 758. The predicted molar refractivity (Wildman–Crippen MR) is 86.1 cm³/mol. The highest BCUT2D eigenvalue weighted by Crippen LogP contribution is 2.19. The number of benzene rings is 2. The van der Waals surface area contributed by atoms with Crippen molar-refractivity contribution in [2.24, 2.45) is 5.10 Å². The molecule has 0 spiro atoms. The second-order valence-electron chi connectivity index (χ2n) is 4.75. The van der Waals surface area contributed by atoms with Crippen molar-refractivity contribution in [1.82, 2.24) is 9.66 Å². The summed E-state index contributed by atoms with van der Waals surface area (Å²) < 4.78 is 1.62. The summed E-state index contributed by atoms with van der Waals surface area (Å²) in [5.74, 6) is 0.379. The predicted octanol–water partition coefficient (Wildman–Crippen LogP) is 3.40. The van der Waals surface area contributed by atoms with E-state index in [9.17, 15) is 0 Å². The lowest BCUT2D eigenvalue weighted by atomic mass is 10.1. The molecule has 104 valence electrons. The summed E-state index contributed by atoms with van der Waals surface area (Å²) in [6, 6.07) is 19.9. The standard InChI is InChI=1S/C17H16N4/c1-13(14-8-4-2-5-9-14)20-21-12-16(19-17(21)18)15-10-6-3-7-11-15/h2-12H,1H3,(H2,18,19)/b20-13+. The molecular formula is C17H16N4. The van der Waals surface area contributed by atoms with Gasteiger partial charge in [0.15, 0.2) is 0 Å². The van der Waals surface area contributed by atoms with Crippen LogP contribution in [0.4, 0.5) is 5.95 Å². The van der Waals surface area contributed by atoms with Gasteiger partial charge >= 0.3 is 0 Å². The van der Waals surface area contributed by atoms with Crippen LogP contribution in [0.25, 0.3) is 11.3 Å². The topological polar surface area (TPSA) is 56.2 Å². The molecule has 21 heavy (non-hydrogen) atoms. The third kappa shape index (κ3) is 2.84. The summed E-state index contributed by atoms with van der Waals surface area (Å²) in [6.07, 6.45) is 1.84. The molecule has 2 aromatic carbocycles. The highest BCUT2D eigenvalue weighted by molar-refractivity contribution is 5.98. The fraction of sp³-hybridized carbons (Fsp3) is 0.0588. The molecular weight excluding hydrogens is 260 g/mol. The second-order valence-corrected chi connectivity index (χ2v) is 4.75. The fourth-order valence-electron chi connectivity index (χ4n) is 2.11. The molecule has 0 bridgehead atoms. The minimum Gasteiger partial charge on any atom is -0.368 e. The molecule has 0 aliphatic carbocycles. The van der Waals surface area contributed by atoms with Crippen molar-refractivity contribution in [1.29, 1.82) is 0 Å². The molecule has 3 rings (SSSR count). The van der Waals surface area contributed by atoms with Gasteiger partial charge in [-0.2, -0.15) is 5.10 Å². The van der Waals surface area contributed by atoms with Crippen molar-refractivity contribution in [3.05, 3.63) is 72.4 Å². The van der Waals surface area contributed by atoms with E-state index in [1.807, 2.05) is 73.8 Å². The van der Waals surface area contributed by atoms with Crippen LogP contribution in [0.5, 0.6) is 0 Å². The fourth-order valence-corrected chi connectivity index (χ4v) is 2.11. The van der Waals surface area contributed by atoms with Crippen LogP contribution in [0.3, 0.4) is 0 Å². The molecule has 0 radical (unpaired) electrons. The first-order valence-electron chi connectivity index (χ1n) is 6.75. The number of aromatic nitrogens is 2. The molecule has 1 aromatic heterocycles. The van der Waals surface area contributed by atoms with Gasteiger partial charge in [-0.3, -0.25) is 0 Å². The number of nitrogens with zero attached hydrogens (tertiary/aromatic N) is 3. The number of imidazole rings is 1. The Morgan fingerprint density at radius 1 is 1.00 bits per heavy atom. The Kier molecular flexibility index (Phi) is 3.51. The molecule has 3 aromatic rings. The van der Waals surface area contributed by atoms with Crippen LogP contribution in [-0.4, -0.2) is 15.4 Å². The molecule has 0 aliphatic heterocycles. The van der Waals surface area contributed by atoms with E-state index < -0.39 is 0 Å². The zero-order chi connectivity index (χ0) is 14.7. The molecule has 4 heteroatoms. The van der Waals surface area contributed by atoms with E-state index in [0.717, 1.165) is 22.5 Å². The molecule has 4 nitrogen and oxygen atoms in total. The average molecular weight is 276 g/mol. The van der Waals surface area contributed by atoms with E-state index in [4.69, 9.17) is 5.73 Å². The number of nitrogen functional groups attached to an aromatic ring is 1. The highest BCUT2D eigenvalue weighted by Gasteiger charge is 2.06. The smallest absolute Gasteiger partial charge is 0.221 e. The average Bonchev–Trinajstić information content (AvgIpc) is 2.90. The Morgan fingerprint density at radius 3 is 2.29 bits per heavy atom. The summed E-state index contributed by atoms with van der Waals surface area (Å²) in [4.78, 5) is 4.36. The minimum absolute atomic E-state index is 0.379. The lowest BCUT2D eigenvalue weighted by Gasteiger charge is -2.01. The van der Waals surface area contributed by atoms with E-state index in [2.05, 4.69) is 10.1 Å². The SMILES string of the molecule is C/C(=N\n1cc(-c2ccccc2)nc1N)c1ccccc1. The summed E-state index contributed by atoms with van der Waals surface area (Å²) in [5.41, 5.74) is 9.74. The van der Waals surface area contributed by atoms with Gasteiger partial charge in [-0.25, -0.2) is 9.66 Å². The van der Waals surface area contributed by atoms with Crippen molar-refractivity contribution < 1.29 is 0 Å². The number of rotatable bonds is 3. The molecule has 0 unspecified atom stereocenters. The highest BCUT2D eigenvalue weighted by atomic mass is 15.4. The van der Waals surface area contributed by atoms with Crippen molar-refractivity contribution >= 4 is 11.7 Å². The van der Waals surface area contributed by atoms with E-state index in [1.54, 1.807) is 4.68 Å². The lowest BCUT2D eigenvalue weighted by molar-refractivity contribution is 0.890. The van der Waals surface area contributed by atoms with E-state index in [1.165, 1.54) is 0 Å². The van der Waals surface area contributed by atoms with Gasteiger partial charge in [0.25, 0.3) is 0 Å². The quantitative estimate of drug-likeness (QED) is 0.745. The van der Waals surface area contributed by atoms with Crippen LogP contribution in [0.1, 0.15) is 12.5 Å². The maximum atomic E-state index is 5.95. The monoisotopic (exact) mass is 276 g/mol. The van der Waals surface area contributed by atoms with Crippen LogP contribution < -0.4 is 5.73 Å². The molecule has 0 fully saturated rings. The largest absolute Gasteiger partial charge is 0.368 e. The Balaban J connectivity index is 1.96. The Labute approximate surface area is 123 Å². The minimum atomic E-state index is 0.379. The first-order valence-corrected chi connectivity index (χ1v) is 6.75. The van der Waals surface area contributed by atoms with Gasteiger partial charge < -0.3 is 5.73 Å². The van der Waals surface area contributed by atoms with Crippen LogP contribution in [0.2, 0.25) is 0 Å². The van der Waals surface area contributed by atoms with Crippen molar-refractivity contribution in [2.75, 3.05) is 5.73 Å².